The van der Waals surface area contributed by atoms with Crippen molar-refractivity contribution in [2.75, 3.05) is 12.4 Å². The molecule has 0 saturated heterocycles. The number of nitrogens with one attached hydrogen (secondary N) is 1. The van der Waals surface area contributed by atoms with E-state index < -0.39 is 5.00 Å². The first-order chi connectivity index (χ1) is 6.61. The Balaban J connectivity index is 2.42. The molecule has 1 aliphatic rings. The maximum atomic E-state index is 6.09. The van der Waals surface area contributed by atoms with Gasteiger partial charge in [0.05, 0.1) is 18.5 Å². The van der Waals surface area contributed by atoms with Crippen molar-refractivity contribution in [1.29, 1.82) is 0 Å². The zero-order valence-corrected chi connectivity index (χ0v) is 8.80. The van der Waals surface area contributed by atoms with Crippen LogP contribution in [0.5, 0.6) is 5.75 Å². The predicted octanol–water partition coefficient (Wildman–Crippen LogP) is 2.78. The van der Waals surface area contributed by atoms with E-state index in [2.05, 4.69) is 10.3 Å². The molecular weight excluding hydrogens is 200 g/mol. The number of rotatable bonds is 1. The lowest BCUT2D eigenvalue weighted by atomic mass is 10.2. The zero-order valence-electron chi connectivity index (χ0n) is 8.04. The van der Waals surface area contributed by atoms with Crippen molar-refractivity contribution in [3.05, 3.63) is 18.2 Å². The Hall–Kier alpha value is -1.22. The number of benzene rings is 1. The van der Waals surface area contributed by atoms with Gasteiger partial charge in [0.15, 0.2) is 0 Å². The number of ether oxygens (including phenoxy) is 1. The lowest BCUT2D eigenvalue weighted by Crippen LogP contribution is -2.31. The molecule has 3 nitrogen and oxygen atoms in total. The monoisotopic (exact) mass is 210 g/mol. The average Bonchev–Trinajstić information content (AvgIpc) is 2.15. The summed E-state index contributed by atoms with van der Waals surface area (Å²) in [4.78, 5) is 3.63. The van der Waals surface area contributed by atoms with Crippen molar-refractivity contribution in [2.45, 2.75) is 11.9 Å². The van der Waals surface area contributed by atoms with Gasteiger partial charge < -0.3 is 10.1 Å². The number of methoxy groups -OCH3 is 1. The van der Waals surface area contributed by atoms with Crippen LogP contribution in [0.4, 0.5) is 11.4 Å². The fourth-order valence-corrected chi connectivity index (χ4v) is 1.49. The summed E-state index contributed by atoms with van der Waals surface area (Å²) in [6.45, 7) is 1.85. The molecule has 1 N–H and O–H groups in total. The van der Waals surface area contributed by atoms with Crippen molar-refractivity contribution in [3.63, 3.8) is 0 Å². The smallest absolute Gasteiger partial charge is 0.145 e. The second-order valence-corrected chi connectivity index (χ2v) is 4.13. The Morgan fingerprint density at radius 1 is 1.50 bits per heavy atom. The molecule has 74 valence electrons. The van der Waals surface area contributed by atoms with Crippen molar-refractivity contribution >= 4 is 29.2 Å². The maximum Gasteiger partial charge on any atom is 0.145 e. The van der Waals surface area contributed by atoms with Crippen LogP contribution in [0.25, 0.3) is 0 Å². The summed E-state index contributed by atoms with van der Waals surface area (Å²) in [7, 11) is 1.63. The zero-order chi connectivity index (χ0) is 10.2. The number of alkyl halides is 1. The predicted molar refractivity (Wildman–Crippen MR) is 59.0 cm³/mol. The van der Waals surface area contributed by atoms with E-state index in [1.165, 1.54) is 0 Å². The fraction of sp³-hybridized carbons (Fsp3) is 0.300. The van der Waals surface area contributed by atoms with Gasteiger partial charge in [-0.25, -0.2) is 0 Å². The second kappa shape index (κ2) is 3.17. The summed E-state index contributed by atoms with van der Waals surface area (Å²) in [5.74, 6) is 0.792. The van der Waals surface area contributed by atoms with Crippen molar-refractivity contribution in [1.82, 2.24) is 0 Å². The number of fused-ring (bicyclic) bond motifs is 1. The van der Waals surface area contributed by atoms with Gasteiger partial charge in [0.1, 0.15) is 10.7 Å². The number of aliphatic imine (C=N–C) groups is 1. The van der Waals surface area contributed by atoms with Crippen LogP contribution >= 0.6 is 11.6 Å². The van der Waals surface area contributed by atoms with E-state index >= 15 is 0 Å². The first-order valence-corrected chi connectivity index (χ1v) is 4.69. The van der Waals surface area contributed by atoms with Gasteiger partial charge in [-0.05, 0) is 19.1 Å². The molecule has 0 aliphatic carbocycles. The van der Waals surface area contributed by atoms with Crippen LogP contribution in [0.2, 0.25) is 0 Å². The second-order valence-electron chi connectivity index (χ2n) is 3.34. The van der Waals surface area contributed by atoms with Crippen LogP contribution in [-0.4, -0.2) is 18.3 Å². The number of hydrogen-bond acceptors (Lipinski definition) is 3. The normalized spacial score (nSPS) is 23.9. The molecule has 0 radical (unpaired) electrons. The van der Waals surface area contributed by atoms with Crippen LogP contribution in [-0.2, 0) is 0 Å². The van der Waals surface area contributed by atoms with Crippen LogP contribution < -0.4 is 10.1 Å². The van der Waals surface area contributed by atoms with E-state index in [0.717, 1.165) is 17.1 Å². The van der Waals surface area contributed by atoms with E-state index in [1.54, 1.807) is 13.3 Å². The molecule has 1 atom stereocenters. The molecule has 1 aliphatic heterocycles. The minimum Gasteiger partial charge on any atom is -0.497 e. The molecule has 0 spiro atoms. The first-order valence-electron chi connectivity index (χ1n) is 4.31. The van der Waals surface area contributed by atoms with Crippen molar-refractivity contribution in [3.8, 4) is 5.75 Å². The molecule has 14 heavy (non-hydrogen) atoms. The third-order valence-electron chi connectivity index (χ3n) is 2.03. The third-order valence-corrected chi connectivity index (χ3v) is 2.22. The van der Waals surface area contributed by atoms with Crippen LogP contribution in [0, 0.1) is 0 Å². The lowest BCUT2D eigenvalue weighted by Gasteiger charge is -2.25. The van der Waals surface area contributed by atoms with Crippen molar-refractivity contribution in [2.24, 2.45) is 4.99 Å². The van der Waals surface area contributed by atoms with E-state index in [9.17, 15) is 0 Å². The minimum atomic E-state index is -0.612. The van der Waals surface area contributed by atoms with Gasteiger partial charge >= 0.3 is 0 Å². The molecule has 1 aromatic carbocycles. The molecular formula is C10H11ClN2O. The summed E-state index contributed by atoms with van der Waals surface area (Å²) in [5.41, 5.74) is 1.77. The van der Waals surface area contributed by atoms with E-state index in [1.807, 2.05) is 25.1 Å². The van der Waals surface area contributed by atoms with Gasteiger partial charge in [0.25, 0.3) is 0 Å². The standard InChI is InChI=1S/C10H11ClN2O/c1-10(11)6-12-8-4-3-7(14-2)5-9(8)13-10/h3-6,13H,1-2H3. The number of nitrogens with zero attached hydrogens (tertiary/aromatic N) is 1. The Labute approximate surface area is 87.7 Å². The molecule has 0 fully saturated rings. The molecule has 0 amide bonds. The average molecular weight is 211 g/mol. The minimum absolute atomic E-state index is 0.612. The van der Waals surface area contributed by atoms with Gasteiger partial charge in [0, 0.05) is 12.3 Å². The third kappa shape index (κ3) is 1.68. The molecule has 0 bridgehead atoms. The highest BCUT2D eigenvalue weighted by molar-refractivity contribution is 6.33. The van der Waals surface area contributed by atoms with Gasteiger partial charge in [-0.15, -0.1) is 0 Å². The molecule has 1 heterocycles. The highest BCUT2D eigenvalue weighted by Gasteiger charge is 2.22. The van der Waals surface area contributed by atoms with Gasteiger partial charge in [-0.1, -0.05) is 11.6 Å². The van der Waals surface area contributed by atoms with E-state index in [0.29, 0.717) is 0 Å². The molecule has 1 unspecified atom stereocenters. The summed E-state index contributed by atoms with van der Waals surface area (Å²) in [6.07, 6.45) is 1.68. The van der Waals surface area contributed by atoms with Crippen molar-refractivity contribution < 1.29 is 4.74 Å². The van der Waals surface area contributed by atoms with E-state index in [4.69, 9.17) is 16.3 Å². The van der Waals surface area contributed by atoms with Crippen LogP contribution in [0.1, 0.15) is 6.92 Å². The Bertz CT molecular complexity index is 388. The molecule has 2 rings (SSSR count). The lowest BCUT2D eigenvalue weighted by molar-refractivity contribution is 0.415. The highest BCUT2D eigenvalue weighted by Crippen LogP contribution is 2.35. The Morgan fingerprint density at radius 2 is 2.29 bits per heavy atom. The number of anilines is 1. The molecule has 0 aromatic heterocycles. The summed E-state index contributed by atoms with van der Waals surface area (Å²) < 4.78 is 5.11. The quantitative estimate of drug-likeness (QED) is 0.571. The molecule has 4 heteroatoms. The topological polar surface area (TPSA) is 33.6 Å². The van der Waals surface area contributed by atoms with Crippen LogP contribution in [0.15, 0.2) is 23.2 Å². The Kier molecular flexibility index (Phi) is 2.11. The first kappa shape index (κ1) is 9.34. The summed E-state index contributed by atoms with van der Waals surface area (Å²) >= 11 is 6.09. The van der Waals surface area contributed by atoms with Gasteiger partial charge in [-0.2, -0.15) is 0 Å². The highest BCUT2D eigenvalue weighted by atomic mass is 35.5. The molecule has 0 saturated carbocycles. The number of halogens is 1. The van der Waals surface area contributed by atoms with Crippen LogP contribution in [0.3, 0.4) is 0 Å². The Morgan fingerprint density at radius 3 is 3.00 bits per heavy atom. The maximum absolute atomic E-state index is 6.09. The molecule has 1 aromatic rings. The summed E-state index contributed by atoms with van der Waals surface area (Å²) in [5, 5.41) is 3.15. The summed E-state index contributed by atoms with van der Waals surface area (Å²) in [6, 6.07) is 5.64. The largest absolute Gasteiger partial charge is 0.497 e. The SMILES string of the molecule is COc1ccc2c(c1)NC(C)(Cl)C=N2. The van der Waals surface area contributed by atoms with Gasteiger partial charge in [-0.3, -0.25) is 4.99 Å². The van der Waals surface area contributed by atoms with Gasteiger partial charge in [0.2, 0.25) is 0 Å². The van der Waals surface area contributed by atoms with E-state index in [-0.39, 0.29) is 0 Å². The number of hydrogen-bond donors (Lipinski definition) is 1. The fourth-order valence-electron chi connectivity index (χ4n) is 1.34.